The summed E-state index contributed by atoms with van der Waals surface area (Å²) in [6.45, 7) is 4.00. The van der Waals surface area contributed by atoms with Gasteiger partial charge in [-0.25, -0.2) is 0 Å². The summed E-state index contributed by atoms with van der Waals surface area (Å²) in [6, 6.07) is 3.53. The molecule has 0 aromatic heterocycles. The van der Waals surface area contributed by atoms with E-state index in [0.29, 0.717) is 6.04 Å². The molecule has 0 spiro atoms. The lowest BCUT2D eigenvalue weighted by molar-refractivity contribution is 0.349. The zero-order valence-corrected chi connectivity index (χ0v) is 10.3. The minimum atomic E-state index is 0.118. The lowest BCUT2D eigenvalue weighted by atomic mass is 9.94. The van der Waals surface area contributed by atoms with E-state index in [1.54, 1.807) is 6.07 Å². The van der Waals surface area contributed by atoms with Gasteiger partial charge < -0.3 is 10.0 Å². The minimum absolute atomic E-state index is 0.118. The number of hydrogen-bond donors (Lipinski definition) is 1. The van der Waals surface area contributed by atoms with Crippen molar-refractivity contribution in [1.82, 2.24) is 4.90 Å². The van der Waals surface area contributed by atoms with Crippen LogP contribution in [0.1, 0.15) is 24.5 Å². The third-order valence-corrected chi connectivity index (χ3v) is 3.31. The van der Waals surface area contributed by atoms with Crippen molar-refractivity contribution in [3.63, 3.8) is 0 Å². The summed E-state index contributed by atoms with van der Waals surface area (Å²) in [5, 5.41) is 12.8. The van der Waals surface area contributed by atoms with Gasteiger partial charge in [0.1, 0.15) is 11.4 Å². The van der Waals surface area contributed by atoms with Crippen LogP contribution in [0.5, 0.6) is 5.75 Å². The van der Waals surface area contributed by atoms with Gasteiger partial charge in [-0.3, -0.25) is 0 Å². The first-order valence-corrected chi connectivity index (χ1v) is 5.70. The average molecular weight is 232 g/mol. The molecule has 4 heteroatoms. The Morgan fingerprint density at radius 1 is 1.47 bits per heavy atom. The Morgan fingerprint density at radius 2 is 2.18 bits per heavy atom. The summed E-state index contributed by atoms with van der Waals surface area (Å²) in [7, 11) is 2.01. The third-order valence-electron chi connectivity index (χ3n) is 3.31. The number of aromatic hydroxyl groups is 1. The summed E-state index contributed by atoms with van der Waals surface area (Å²) < 4.78 is 0. The zero-order valence-electron chi connectivity index (χ0n) is 10.3. The van der Waals surface area contributed by atoms with Gasteiger partial charge in [0.25, 0.3) is 0 Å². The number of hydrogen-bond acceptors (Lipinski definition) is 4. The van der Waals surface area contributed by atoms with Crippen molar-refractivity contribution in [3.05, 3.63) is 34.2 Å². The monoisotopic (exact) mass is 232 g/mol. The first kappa shape index (κ1) is 11.6. The Bertz CT molecular complexity index is 471. The van der Waals surface area contributed by atoms with Crippen LogP contribution >= 0.6 is 0 Å². The average Bonchev–Trinajstić information content (AvgIpc) is 2.30. The molecule has 1 aromatic carbocycles. The smallest absolute Gasteiger partial charge is 0.127 e. The maximum absolute atomic E-state index is 10.5. The summed E-state index contributed by atoms with van der Waals surface area (Å²) in [5.74, 6) is 0.118. The molecule has 90 valence electrons. The van der Waals surface area contributed by atoms with Gasteiger partial charge in [0.15, 0.2) is 0 Å². The molecule has 1 N–H and O–H groups in total. The van der Waals surface area contributed by atoms with Crippen LogP contribution in [-0.2, 0) is 0 Å². The SMILES string of the molecule is CCC1C=C(c2c(C)cc(N=O)cc2O)N1C. The third kappa shape index (κ3) is 1.79. The standard InChI is InChI=1S/C13H16N2O2/c1-4-10-7-11(15(10)3)13-8(2)5-9(14-17)6-12(13)16/h5-7,10,16H,4H2,1-3H3. The number of nitrogens with zero attached hydrogens (tertiary/aromatic N) is 2. The summed E-state index contributed by atoms with van der Waals surface area (Å²) in [5.41, 5.74) is 2.94. The Hall–Kier alpha value is -1.84. The van der Waals surface area contributed by atoms with Gasteiger partial charge in [0, 0.05) is 30.4 Å². The molecule has 4 nitrogen and oxygen atoms in total. The second-order valence-electron chi connectivity index (χ2n) is 4.39. The molecule has 0 amide bonds. The van der Waals surface area contributed by atoms with Gasteiger partial charge in [0.05, 0.1) is 0 Å². The fourth-order valence-corrected chi connectivity index (χ4v) is 2.30. The number of benzene rings is 1. The maximum Gasteiger partial charge on any atom is 0.127 e. The quantitative estimate of drug-likeness (QED) is 0.814. The van der Waals surface area contributed by atoms with Gasteiger partial charge >= 0.3 is 0 Å². The van der Waals surface area contributed by atoms with E-state index in [1.165, 1.54) is 6.07 Å². The molecule has 0 bridgehead atoms. The lowest BCUT2D eigenvalue weighted by Gasteiger charge is -2.39. The van der Waals surface area contributed by atoms with Crippen molar-refractivity contribution in [2.75, 3.05) is 7.05 Å². The highest BCUT2D eigenvalue weighted by Gasteiger charge is 2.27. The van der Waals surface area contributed by atoms with Gasteiger partial charge in [-0.1, -0.05) is 6.92 Å². The fourth-order valence-electron chi connectivity index (χ4n) is 2.30. The van der Waals surface area contributed by atoms with Gasteiger partial charge in [-0.15, -0.1) is 4.91 Å². The molecule has 1 aliphatic heterocycles. The molecule has 1 unspecified atom stereocenters. The summed E-state index contributed by atoms with van der Waals surface area (Å²) in [4.78, 5) is 12.6. The molecule has 0 radical (unpaired) electrons. The van der Waals surface area contributed by atoms with Crippen molar-refractivity contribution < 1.29 is 5.11 Å². The van der Waals surface area contributed by atoms with Crippen LogP contribution in [0.4, 0.5) is 5.69 Å². The predicted octanol–water partition coefficient (Wildman–Crippen LogP) is 3.16. The van der Waals surface area contributed by atoms with E-state index >= 15 is 0 Å². The number of phenolic OH excluding ortho intramolecular Hbond substituents is 1. The number of likely N-dealkylation sites (N-methyl/N-ethyl adjacent to an activating group) is 1. The summed E-state index contributed by atoms with van der Waals surface area (Å²) >= 11 is 0. The van der Waals surface area contributed by atoms with Crippen molar-refractivity contribution in [3.8, 4) is 5.75 Å². The van der Waals surface area contributed by atoms with Gasteiger partial charge in [-0.05, 0) is 36.2 Å². The number of nitroso groups, excluding NO2 is 1. The Morgan fingerprint density at radius 3 is 2.65 bits per heavy atom. The number of rotatable bonds is 3. The second kappa shape index (κ2) is 4.20. The molecular formula is C13H16N2O2. The minimum Gasteiger partial charge on any atom is -0.507 e. The van der Waals surface area contributed by atoms with E-state index in [9.17, 15) is 10.0 Å². The van der Waals surface area contributed by atoms with Crippen molar-refractivity contribution in [1.29, 1.82) is 0 Å². The molecule has 1 atom stereocenters. The molecule has 2 rings (SSSR count). The van der Waals surface area contributed by atoms with Gasteiger partial charge in [-0.2, -0.15) is 0 Å². The maximum atomic E-state index is 10.5. The highest BCUT2D eigenvalue weighted by Crippen LogP contribution is 2.39. The molecule has 0 saturated heterocycles. The first-order chi connectivity index (χ1) is 8.08. The van der Waals surface area contributed by atoms with Crippen LogP contribution in [-0.4, -0.2) is 23.1 Å². The van der Waals surface area contributed by atoms with E-state index in [4.69, 9.17) is 0 Å². The Labute approximate surface area is 101 Å². The van der Waals surface area contributed by atoms with E-state index in [-0.39, 0.29) is 11.4 Å². The number of aryl methyl sites for hydroxylation is 1. The largest absolute Gasteiger partial charge is 0.507 e. The molecule has 0 fully saturated rings. The van der Waals surface area contributed by atoms with Crippen LogP contribution in [0, 0.1) is 11.8 Å². The molecule has 17 heavy (non-hydrogen) atoms. The van der Waals surface area contributed by atoms with Crippen LogP contribution in [0.15, 0.2) is 23.4 Å². The van der Waals surface area contributed by atoms with Crippen LogP contribution in [0.2, 0.25) is 0 Å². The second-order valence-corrected chi connectivity index (χ2v) is 4.39. The zero-order chi connectivity index (χ0) is 12.6. The molecule has 0 aliphatic carbocycles. The topological polar surface area (TPSA) is 52.9 Å². The molecule has 0 saturated carbocycles. The van der Waals surface area contributed by atoms with Crippen molar-refractivity contribution in [2.45, 2.75) is 26.3 Å². The van der Waals surface area contributed by atoms with E-state index in [0.717, 1.165) is 23.2 Å². The first-order valence-electron chi connectivity index (χ1n) is 5.70. The molecular weight excluding hydrogens is 216 g/mol. The Balaban J connectivity index is 2.45. The lowest BCUT2D eigenvalue weighted by Crippen LogP contribution is -2.37. The van der Waals surface area contributed by atoms with Crippen molar-refractivity contribution in [2.24, 2.45) is 5.18 Å². The van der Waals surface area contributed by atoms with Crippen LogP contribution in [0.25, 0.3) is 5.70 Å². The molecule has 1 aliphatic rings. The normalized spacial score (nSPS) is 18.6. The fraction of sp³-hybridized carbons (Fsp3) is 0.385. The predicted molar refractivity (Wildman–Crippen MR) is 68.1 cm³/mol. The van der Waals surface area contributed by atoms with Crippen molar-refractivity contribution >= 4 is 11.4 Å². The number of phenols is 1. The molecule has 1 heterocycles. The van der Waals surface area contributed by atoms with E-state index in [2.05, 4.69) is 23.1 Å². The molecule has 1 aromatic rings. The highest BCUT2D eigenvalue weighted by atomic mass is 16.3. The van der Waals surface area contributed by atoms with E-state index in [1.807, 2.05) is 14.0 Å². The van der Waals surface area contributed by atoms with Crippen LogP contribution < -0.4 is 0 Å². The van der Waals surface area contributed by atoms with E-state index < -0.39 is 0 Å². The van der Waals surface area contributed by atoms with Crippen LogP contribution in [0.3, 0.4) is 0 Å². The Kier molecular flexibility index (Phi) is 2.88. The highest BCUT2D eigenvalue weighted by molar-refractivity contribution is 5.77. The van der Waals surface area contributed by atoms with Gasteiger partial charge in [0.2, 0.25) is 0 Å². The summed E-state index contributed by atoms with van der Waals surface area (Å²) in [6.07, 6.45) is 3.18.